The van der Waals surface area contributed by atoms with Crippen molar-refractivity contribution in [2.24, 2.45) is 11.3 Å². The Morgan fingerprint density at radius 1 is 1.47 bits per heavy atom. The van der Waals surface area contributed by atoms with Crippen molar-refractivity contribution in [3.8, 4) is 0 Å². The summed E-state index contributed by atoms with van der Waals surface area (Å²) in [6.07, 6.45) is 3.96. The molecule has 3 nitrogen and oxygen atoms in total. The summed E-state index contributed by atoms with van der Waals surface area (Å²) in [7, 11) is 0. The molecule has 0 aliphatic rings. The van der Waals surface area contributed by atoms with Crippen LogP contribution in [0.5, 0.6) is 0 Å². The van der Waals surface area contributed by atoms with E-state index in [4.69, 9.17) is 10.6 Å². The van der Waals surface area contributed by atoms with E-state index in [1.165, 1.54) is 0 Å². The molecule has 0 saturated carbocycles. The highest BCUT2D eigenvalue weighted by Crippen LogP contribution is 2.26. The molecule has 0 saturated heterocycles. The van der Waals surface area contributed by atoms with E-state index in [0.29, 0.717) is 6.61 Å². The maximum Gasteiger partial charge on any atom is 0.0789 e. The number of nitrogens with one attached hydrogen (secondary N) is 1. The van der Waals surface area contributed by atoms with Crippen molar-refractivity contribution < 1.29 is 4.74 Å². The Hall–Kier alpha value is -0.380. The van der Waals surface area contributed by atoms with Crippen LogP contribution in [-0.4, -0.2) is 18.8 Å². The molecule has 0 radical (unpaired) electrons. The average molecular weight is 214 g/mol. The number of hydrogen-bond donors (Lipinski definition) is 2. The van der Waals surface area contributed by atoms with Gasteiger partial charge in [-0.05, 0) is 25.2 Å². The number of hydrazine groups is 1. The fourth-order valence-corrected chi connectivity index (χ4v) is 1.77. The smallest absolute Gasteiger partial charge is 0.0789 e. The van der Waals surface area contributed by atoms with Gasteiger partial charge in [-0.25, -0.2) is 0 Å². The Morgan fingerprint density at radius 3 is 2.40 bits per heavy atom. The molecule has 90 valence electrons. The number of hydrogen-bond acceptors (Lipinski definition) is 3. The van der Waals surface area contributed by atoms with Crippen molar-refractivity contribution >= 4 is 0 Å². The Balaban J connectivity index is 4.47. The van der Waals surface area contributed by atoms with Crippen LogP contribution in [0.4, 0.5) is 0 Å². The lowest BCUT2D eigenvalue weighted by Crippen LogP contribution is -2.50. The van der Waals surface area contributed by atoms with Crippen molar-refractivity contribution in [2.45, 2.75) is 52.7 Å². The van der Waals surface area contributed by atoms with E-state index in [2.05, 4.69) is 32.8 Å². The Labute approximate surface area is 94.0 Å². The molecule has 15 heavy (non-hydrogen) atoms. The molecule has 0 amide bonds. The minimum absolute atomic E-state index is 0.0915. The summed E-state index contributed by atoms with van der Waals surface area (Å²) in [5, 5.41) is 0. The number of rotatable bonds is 7. The first kappa shape index (κ1) is 14.6. The van der Waals surface area contributed by atoms with E-state index in [0.717, 1.165) is 12.8 Å². The highest BCUT2D eigenvalue weighted by atomic mass is 16.5. The molecule has 3 heteroatoms. The second kappa shape index (κ2) is 6.99. The molecule has 0 aromatic heterocycles. The van der Waals surface area contributed by atoms with E-state index < -0.39 is 0 Å². The van der Waals surface area contributed by atoms with Gasteiger partial charge in [-0.2, -0.15) is 0 Å². The first-order chi connectivity index (χ1) is 6.97. The van der Waals surface area contributed by atoms with Crippen molar-refractivity contribution in [3.05, 3.63) is 12.7 Å². The Kier molecular flexibility index (Phi) is 6.81. The van der Waals surface area contributed by atoms with Crippen LogP contribution in [0.2, 0.25) is 0 Å². The van der Waals surface area contributed by atoms with Gasteiger partial charge in [0.05, 0.1) is 6.10 Å². The van der Waals surface area contributed by atoms with Crippen LogP contribution in [0.15, 0.2) is 12.7 Å². The van der Waals surface area contributed by atoms with Gasteiger partial charge in [0.1, 0.15) is 0 Å². The van der Waals surface area contributed by atoms with Gasteiger partial charge in [-0.15, -0.1) is 6.58 Å². The predicted molar refractivity (Wildman–Crippen MR) is 65.4 cm³/mol. The van der Waals surface area contributed by atoms with Crippen LogP contribution in [-0.2, 0) is 4.74 Å². The quantitative estimate of drug-likeness (QED) is 0.388. The summed E-state index contributed by atoms with van der Waals surface area (Å²) in [6, 6.07) is 0.183. The molecule has 0 bridgehead atoms. The minimum atomic E-state index is 0.0915. The first-order valence-corrected chi connectivity index (χ1v) is 5.66. The van der Waals surface area contributed by atoms with E-state index in [-0.39, 0.29) is 17.6 Å². The van der Waals surface area contributed by atoms with Gasteiger partial charge < -0.3 is 4.74 Å². The Morgan fingerprint density at radius 2 is 2.07 bits per heavy atom. The zero-order valence-corrected chi connectivity index (χ0v) is 10.5. The normalized spacial score (nSPS) is 16.1. The number of ether oxygens (including phenoxy) is 1. The Bertz CT molecular complexity index is 175. The molecule has 2 unspecified atom stereocenters. The van der Waals surface area contributed by atoms with E-state index >= 15 is 0 Å². The number of allylic oxidation sites excluding steroid dienone is 1. The molecular weight excluding hydrogens is 188 g/mol. The van der Waals surface area contributed by atoms with Crippen molar-refractivity contribution in [1.82, 2.24) is 5.43 Å². The largest absolute Gasteiger partial charge is 0.376 e. The first-order valence-electron chi connectivity index (χ1n) is 5.66. The van der Waals surface area contributed by atoms with Gasteiger partial charge >= 0.3 is 0 Å². The summed E-state index contributed by atoms with van der Waals surface area (Å²) in [5.74, 6) is 5.58. The molecule has 3 N–H and O–H groups in total. The zero-order valence-electron chi connectivity index (χ0n) is 10.5. The molecule has 0 fully saturated rings. The van der Waals surface area contributed by atoms with Gasteiger partial charge in [0, 0.05) is 12.6 Å². The topological polar surface area (TPSA) is 47.3 Å². The maximum atomic E-state index is 5.78. The van der Waals surface area contributed by atoms with Crippen LogP contribution < -0.4 is 11.3 Å². The lowest BCUT2D eigenvalue weighted by molar-refractivity contribution is -0.0372. The summed E-state index contributed by atoms with van der Waals surface area (Å²) in [4.78, 5) is 0. The average Bonchev–Trinajstić information content (AvgIpc) is 2.15. The predicted octanol–water partition coefficient (Wildman–Crippen LogP) is 2.24. The van der Waals surface area contributed by atoms with Crippen LogP contribution in [0.25, 0.3) is 0 Å². The van der Waals surface area contributed by atoms with Crippen LogP contribution >= 0.6 is 0 Å². The standard InChI is InChI=1S/C12H26N2O/c1-6-8-9-10(14-13)11(15-7-2)12(3,4)5/h6,10-11,14H,1,7-9,13H2,2-5H3. The molecular formula is C12H26N2O. The summed E-state index contributed by atoms with van der Waals surface area (Å²) >= 11 is 0. The van der Waals surface area contributed by atoms with E-state index in [1.807, 2.05) is 13.0 Å². The number of nitrogens with two attached hydrogens (primary N) is 1. The molecule has 0 rings (SSSR count). The van der Waals surface area contributed by atoms with E-state index in [9.17, 15) is 0 Å². The maximum absolute atomic E-state index is 5.78. The SMILES string of the molecule is C=CCCC(NN)C(OCC)C(C)(C)C. The second-order valence-corrected chi connectivity index (χ2v) is 4.88. The molecule has 2 atom stereocenters. The third-order valence-electron chi connectivity index (χ3n) is 2.46. The highest BCUT2D eigenvalue weighted by molar-refractivity contribution is 4.86. The molecule has 0 aliphatic carbocycles. The molecule has 0 aromatic carbocycles. The van der Waals surface area contributed by atoms with Gasteiger partial charge in [0.25, 0.3) is 0 Å². The van der Waals surface area contributed by atoms with Crippen LogP contribution in [0.1, 0.15) is 40.5 Å². The highest BCUT2D eigenvalue weighted by Gasteiger charge is 2.31. The summed E-state index contributed by atoms with van der Waals surface area (Å²) < 4.78 is 5.78. The van der Waals surface area contributed by atoms with Crippen LogP contribution in [0.3, 0.4) is 0 Å². The summed E-state index contributed by atoms with van der Waals surface area (Å²) in [5.41, 5.74) is 2.95. The summed E-state index contributed by atoms with van der Waals surface area (Å²) in [6.45, 7) is 13.0. The second-order valence-electron chi connectivity index (χ2n) is 4.88. The third-order valence-corrected chi connectivity index (χ3v) is 2.46. The molecule has 0 aromatic rings. The lowest BCUT2D eigenvalue weighted by Gasteiger charge is -2.36. The van der Waals surface area contributed by atoms with Crippen molar-refractivity contribution in [1.29, 1.82) is 0 Å². The minimum Gasteiger partial charge on any atom is -0.376 e. The van der Waals surface area contributed by atoms with Gasteiger partial charge in [0.15, 0.2) is 0 Å². The van der Waals surface area contributed by atoms with Crippen molar-refractivity contribution in [2.75, 3.05) is 6.61 Å². The van der Waals surface area contributed by atoms with Crippen LogP contribution in [0, 0.1) is 5.41 Å². The molecule has 0 heterocycles. The van der Waals surface area contributed by atoms with Gasteiger partial charge in [-0.1, -0.05) is 26.8 Å². The van der Waals surface area contributed by atoms with Gasteiger partial charge in [0.2, 0.25) is 0 Å². The molecule has 0 aliphatic heterocycles. The fraction of sp³-hybridized carbons (Fsp3) is 0.833. The monoisotopic (exact) mass is 214 g/mol. The van der Waals surface area contributed by atoms with Gasteiger partial charge in [-0.3, -0.25) is 11.3 Å². The molecule has 0 spiro atoms. The van der Waals surface area contributed by atoms with E-state index in [1.54, 1.807) is 0 Å². The lowest BCUT2D eigenvalue weighted by atomic mass is 9.83. The van der Waals surface area contributed by atoms with Crippen molar-refractivity contribution in [3.63, 3.8) is 0 Å². The fourth-order valence-electron chi connectivity index (χ4n) is 1.77. The zero-order chi connectivity index (χ0) is 11.9. The third kappa shape index (κ3) is 5.30.